The zero-order valence-electron chi connectivity index (χ0n) is 13.2. The zero-order chi connectivity index (χ0) is 16.6. The summed E-state index contributed by atoms with van der Waals surface area (Å²) in [5.41, 5.74) is 0.564. The number of piperidine rings is 1. The van der Waals surface area contributed by atoms with Crippen LogP contribution in [0.4, 0.5) is 0 Å². The van der Waals surface area contributed by atoms with Crippen LogP contribution in [0.2, 0.25) is 0 Å². The quantitative estimate of drug-likeness (QED) is 0.801. The van der Waals surface area contributed by atoms with Crippen LogP contribution < -0.4 is 0 Å². The Hall–Kier alpha value is -1.87. The lowest BCUT2D eigenvalue weighted by Crippen LogP contribution is -2.42. The standard InChI is InChI=1S/C15H19N5O3S/c21-24(22,12-3-4-12)20-7-1-2-11(10-20)8-14-18-15(19-23-14)13-9-16-5-6-17-13/h5-6,9,11-12H,1-4,7-8,10H2. The fourth-order valence-electron chi connectivity index (χ4n) is 3.10. The van der Waals surface area contributed by atoms with Gasteiger partial charge in [-0.1, -0.05) is 5.16 Å². The first-order valence-electron chi connectivity index (χ1n) is 8.21. The van der Waals surface area contributed by atoms with Crippen molar-refractivity contribution in [2.75, 3.05) is 13.1 Å². The third-order valence-electron chi connectivity index (χ3n) is 4.51. The molecule has 9 heteroatoms. The molecular weight excluding hydrogens is 330 g/mol. The maximum Gasteiger partial charge on any atom is 0.227 e. The van der Waals surface area contributed by atoms with E-state index in [1.165, 1.54) is 0 Å². The maximum absolute atomic E-state index is 12.4. The molecule has 1 aliphatic carbocycles. The number of rotatable bonds is 5. The molecule has 1 saturated heterocycles. The Morgan fingerprint density at radius 3 is 2.88 bits per heavy atom. The lowest BCUT2D eigenvalue weighted by Gasteiger charge is -2.31. The molecule has 24 heavy (non-hydrogen) atoms. The molecule has 1 atom stereocenters. The van der Waals surface area contributed by atoms with Crippen molar-refractivity contribution >= 4 is 10.0 Å². The summed E-state index contributed by atoms with van der Waals surface area (Å²) in [5.74, 6) is 1.14. The molecular formula is C15H19N5O3S. The van der Waals surface area contributed by atoms with Crippen LogP contribution in [0, 0.1) is 5.92 Å². The Balaban J connectivity index is 1.43. The largest absolute Gasteiger partial charge is 0.339 e. The predicted molar refractivity (Wildman–Crippen MR) is 85.3 cm³/mol. The van der Waals surface area contributed by atoms with E-state index < -0.39 is 10.0 Å². The molecule has 2 aliphatic rings. The van der Waals surface area contributed by atoms with Crippen molar-refractivity contribution in [2.45, 2.75) is 37.4 Å². The minimum Gasteiger partial charge on any atom is -0.339 e. The monoisotopic (exact) mass is 349 g/mol. The van der Waals surface area contributed by atoms with E-state index in [0.717, 1.165) is 25.7 Å². The molecule has 2 fully saturated rings. The van der Waals surface area contributed by atoms with E-state index in [-0.39, 0.29) is 11.2 Å². The average Bonchev–Trinajstić information content (AvgIpc) is 3.37. The highest BCUT2D eigenvalue weighted by Gasteiger charge is 2.41. The highest BCUT2D eigenvalue weighted by atomic mass is 32.2. The van der Waals surface area contributed by atoms with Crippen LogP contribution in [-0.4, -0.2) is 51.2 Å². The van der Waals surface area contributed by atoms with Crippen LogP contribution in [0.1, 0.15) is 31.6 Å². The van der Waals surface area contributed by atoms with E-state index in [1.54, 1.807) is 22.9 Å². The van der Waals surface area contributed by atoms with Crippen molar-refractivity contribution in [2.24, 2.45) is 5.92 Å². The number of sulfonamides is 1. The third kappa shape index (κ3) is 3.18. The van der Waals surface area contributed by atoms with Crippen molar-refractivity contribution in [1.82, 2.24) is 24.4 Å². The van der Waals surface area contributed by atoms with Crippen molar-refractivity contribution < 1.29 is 12.9 Å². The summed E-state index contributed by atoms with van der Waals surface area (Å²) < 4.78 is 31.7. The number of hydrogen-bond acceptors (Lipinski definition) is 7. The fourth-order valence-corrected chi connectivity index (χ4v) is 5.06. The molecule has 0 aromatic carbocycles. The van der Waals surface area contributed by atoms with Gasteiger partial charge in [-0.15, -0.1) is 0 Å². The van der Waals surface area contributed by atoms with Gasteiger partial charge in [0.15, 0.2) is 0 Å². The lowest BCUT2D eigenvalue weighted by molar-refractivity contribution is 0.246. The van der Waals surface area contributed by atoms with Crippen molar-refractivity contribution in [3.8, 4) is 11.5 Å². The molecule has 1 unspecified atom stereocenters. The van der Waals surface area contributed by atoms with Crippen LogP contribution in [0.15, 0.2) is 23.1 Å². The summed E-state index contributed by atoms with van der Waals surface area (Å²) in [6.45, 7) is 1.17. The van der Waals surface area contributed by atoms with Gasteiger partial charge in [-0.2, -0.15) is 4.98 Å². The van der Waals surface area contributed by atoms with Gasteiger partial charge in [0.1, 0.15) is 5.69 Å². The van der Waals surface area contributed by atoms with Gasteiger partial charge in [0.25, 0.3) is 0 Å². The first-order valence-corrected chi connectivity index (χ1v) is 9.71. The molecule has 1 aliphatic heterocycles. The Morgan fingerprint density at radius 1 is 1.25 bits per heavy atom. The van der Waals surface area contributed by atoms with Gasteiger partial charge in [-0.3, -0.25) is 4.98 Å². The summed E-state index contributed by atoms with van der Waals surface area (Å²) in [4.78, 5) is 12.5. The molecule has 0 radical (unpaired) electrons. The highest BCUT2D eigenvalue weighted by Crippen LogP contribution is 2.33. The van der Waals surface area contributed by atoms with Gasteiger partial charge < -0.3 is 4.52 Å². The van der Waals surface area contributed by atoms with Crippen LogP contribution in [0.5, 0.6) is 0 Å². The molecule has 0 bridgehead atoms. The van der Waals surface area contributed by atoms with E-state index in [0.29, 0.717) is 36.9 Å². The van der Waals surface area contributed by atoms with Gasteiger partial charge in [-0.25, -0.2) is 17.7 Å². The molecule has 8 nitrogen and oxygen atoms in total. The summed E-state index contributed by atoms with van der Waals surface area (Å²) in [6.07, 6.45) is 8.78. The second kappa shape index (κ2) is 6.21. The number of aromatic nitrogens is 4. The second-order valence-electron chi connectivity index (χ2n) is 6.42. The molecule has 0 N–H and O–H groups in total. The summed E-state index contributed by atoms with van der Waals surface area (Å²) in [6, 6.07) is 0. The average molecular weight is 349 g/mol. The normalized spacial score (nSPS) is 22.6. The minimum absolute atomic E-state index is 0.150. The Kier molecular flexibility index (Phi) is 4.05. The van der Waals surface area contributed by atoms with Gasteiger partial charge in [0.05, 0.1) is 11.4 Å². The third-order valence-corrected chi connectivity index (χ3v) is 6.88. The lowest BCUT2D eigenvalue weighted by atomic mass is 9.96. The van der Waals surface area contributed by atoms with E-state index in [4.69, 9.17) is 4.52 Å². The van der Waals surface area contributed by atoms with Gasteiger partial charge in [-0.05, 0) is 31.6 Å². The summed E-state index contributed by atoms with van der Waals surface area (Å²) in [7, 11) is -3.10. The Bertz CT molecular complexity index is 804. The first-order chi connectivity index (χ1) is 11.6. The van der Waals surface area contributed by atoms with Gasteiger partial charge in [0, 0.05) is 31.9 Å². The smallest absolute Gasteiger partial charge is 0.227 e. The van der Waals surface area contributed by atoms with Gasteiger partial charge >= 0.3 is 0 Å². The highest BCUT2D eigenvalue weighted by molar-refractivity contribution is 7.90. The molecule has 128 valence electrons. The molecule has 3 heterocycles. The van der Waals surface area contributed by atoms with E-state index in [2.05, 4.69) is 20.1 Å². The van der Waals surface area contributed by atoms with E-state index in [9.17, 15) is 8.42 Å². The van der Waals surface area contributed by atoms with Gasteiger partial charge in [0.2, 0.25) is 21.7 Å². The van der Waals surface area contributed by atoms with Crippen molar-refractivity contribution in [3.63, 3.8) is 0 Å². The predicted octanol–water partition coefficient (Wildman–Crippen LogP) is 1.27. The number of hydrogen-bond donors (Lipinski definition) is 0. The minimum atomic E-state index is -3.10. The molecule has 0 amide bonds. The van der Waals surface area contributed by atoms with Crippen LogP contribution >= 0.6 is 0 Å². The first kappa shape index (κ1) is 15.6. The fraction of sp³-hybridized carbons (Fsp3) is 0.600. The summed E-state index contributed by atoms with van der Waals surface area (Å²) in [5, 5.41) is 3.79. The summed E-state index contributed by atoms with van der Waals surface area (Å²) >= 11 is 0. The second-order valence-corrected chi connectivity index (χ2v) is 8.63. The topological polar surface area (TPSA) is 102 Å². The van der Waals surface area contributed by atoms with Crippen molar-refractivity contribution in [1.29, 1.82) is 0 Å². The Labute approximate surface area is 140 Å². The van der Waals surface area contributed by atoms with E-state index >= 15 is 0 Å². The Morgan fingerprint density at radius 2 is 2.12 bits per heavy atom. The van der Waals surface area contributed by atoms with Crippen molar-refractivity contribution in [3.05, 3.63) is 24.5 Å². The van der Waals surface area contributed by atoms with Crippen LogP contribution in [0.25, 0.3) is 11.5 Å². The maximum atomic E-state index is 12.4. The SMILES string of the molecule is O=S(=O)(C1CC1)N1CCCC(Cc2nc(-c3cnccn3)no2)C1. The zero-order valence-corrected chi connectivity index (χ0v) is 14.0. The van der Waals surface area contributed by atoms with Crippen LogP contribution in [-0.2, 0) is 16.4 Å². The molecule has 4 rings (SSSR count). The molecule has 2 aromatic rings. The van der Waals surface area contributed by atoms with Crippen LogP contribution in [0.3, 0.4) is 0 Å². The number of nitrogens with zero attached hydrogens (tertiary/aromatic N) is 5. The molecule has 1 saturated carbocycles. The van der Waals surface area contributed by atoms with E-state index in [1.807, 2.05) is 0 Å². The molecule has 0 spiro atoms. The molecule has 2 aromatic heterocycles.